The van der Waals surface area contributed by atoms with Crippen LogP contribution in [0.2, 0.25) is 0 Å². The molecule has 3 fully saturated rings. The van der Waals surface area contributed by atoms with Gasteiger partial charge in [0.1, 0.15) is 17.4 Å². The van der Waals surface area contributed by atoms with Crippen LogP contribution >= 0.6 is 0 Å². The van der Waals surface area contributed by atoms with Gasteiger partial charge in [-0.25, -0.2) is 0 Å². The fourth-order valence-electron chi connectivity index (χ4n) is 5.93. The number of carbonyl (C=O) groups excluding carboxylic acids is 3. The smallest absolute Gasteiger partial charge is 0.312 e. The Labute approximate surface area is 205 Å². The lowest BCUT2D eigenvalue weighted by Crippen LogP contribution is -2.56. The van der Waals surface area contributed by atoms with Crippen LogP contribution in [0, 0.1) is 11.8 Å². The van der Waals surface area contributed by atoms with Crippen LogP contribution in [-0.2, 0) is 23.9 Å². The summed E-state index contributed by atoms with van der Waals surface area (Å²) in [6.07, 6.45) is 3.34. The zero-order valence-electron chi connectivity index (χ0n) is 20.4. The topological polar surface area (TPSA) is 106 Å². The number of hydrogen-bond acceptors (Lipinski definition) is 7. The first kappa shape index (κ1) is 25.2. The largest absolute Gasteiger partial charge is 0.497 e. The molecule has 3 aliphatic rings. The monoisotopic (exact) mass is 486 g/mol. The second kappa shape index (κ2) is 10.4. The number of aliphatic hydroxyl groups excluding tert-OH is 1. The molecule has 1 aromatic carbocycles. The molecule has 3 aliphatic heterocycles. The number of benzene rings is 1. The zero-order chi connectivity index (χ0) is 25.2. The summed E-state index contributed by atoms with van der Waals surface area (Å²) in [5, 5.41) is 9.28. The number of ether oxygens (including phenoxy) is 3. The van der Waals surface area contributed by atoms with Gasteiger partial charge in [0.15, 0.2) is 0 Å². The fourth-order valence-corrected chi connectivity index (χ4v) is 5.93. The molecule has 0 saturated carbocycles. The van der Waals surface area contributed by atoms with Crippen molar-refractivity contribution in [3.63, 3.8) is 0 Å². The number of rotatable bonds is 11. The van der Waals surface area contributed by atoms with E-state index in [1.807, 2.05) is 0 Å². The molecule has 1 aromatic rings. The SMILES string of the molecule is C=CCN(C(=O)[C@H]1N(CCCCO)C(=O)[C@@H]2[C@@H](C(=O)OCC)[C@H]3CC[C@]21O3)c1ccc(OC)cc1. The Balaban J connectivity index is 1.73. The molecule has 0 unspecified atom stereocenters. The van der Waals surface area contributed by atoms with E-state index in [2.05, 4.69) is 6.58 Å². The number of likely N-dealkylation sites (tertiary alicyclic amines) is 1. The molecule has 0 radical (unpaired) electrons. The first-order valence-electron chi connectivity index (χ1n) is 12.3. The van der Waals surface area contributed by atoms with Crippen LogP contribution in [0.5, 0.6) is 5.75 Å². The summed E-state index contributed by atoms with van der Waals surface area (Å²) in [5.41, 5.74) is -0.436. The molecule has 35 heavy (non-hydrogen) atoms. The van der Waals surface area contributed by atoms with Crippen molar-refractivity contribution in [1.82, 2.24) is 4.90 Å². The number of esters is 1. The summed E-state index contributed by atoms with van der Waals surface area (Å²) >= 11 is 0. The van der Waals surface area contributed by atoms with Crippen molar-refractivity contribution in [1.29, 1.82) is 0 Å². The highest BCUT2D eigenvalue weighted by atomic mass is 16.6. The summed E-state index contributed by atoms with van der Waals surface area (Å²) in [6, 6.07) is 6.23. The van der Waals surface area contributed by atoms with Crippen LogP contribution in [0.15, 0.2) is 36.9 Å². The Kier molecular flexibility index (Phi) is 7.47. The van der Waals surface area contributed by atoms with Gasteiger partial charge in [-0.05, 0) is 56.9 Å². The first-order chi connectivity index (χ1) is 16.9. The Bertz CT molecular complexity index is 965. The van der Waals surface area contributed by atoms with Gasteiger partial charge in [-0.3, -0.25) is 14.4 Å². The normalized spacial score (nSPS) is 28.7. The van der Waals surface area contributed by atoms with Crippen LogP contribution < -0.4 is 9.64 Å². The highest BCUT2D eigenvalue weighted by Crippen LogP contribution is 2.59. The third-order valence-corrected chi connectivity index (χ3v) is 7.36. The molecule has 190 valence electrons. The van der Waals surface area contributed by atoms with E-state index in [9.17, 15) is 19.5 Å². The summed E-state index contributed by atoms with van der Waals surface area (Å²) in [6.45, 7) is 6.28. The van der Waals surface area contributed by atoms with Crippen molar-refractivity contribution in [2.24, 2.45) is 11.8 Å². The van der Waals surface area contributed by atoms with Crippen LogP contribution in [0.4, 0.5) is 5.69 Å². The first-order valence-corrected chi connectivity index (χ1v) is 12.3. The Morgan fingerprint density at radius 3 is 2.69 bits per heavy atom. The molecule has 1 spiro atoms. The molecule has 9 nitrogen and oxygen atoms in total. The maximum atomic E-state index is 14.2. The van der Waals surface area contributed by atoms with E-state index < -0.39 is 35.6 Å². The van der Waals surface area contributed by atoms with Crippen molar-refractivity contribution >= 4 is 23.5 Å². The second-order valence-corrected chi connectivity index (χ2v) is 9.21. The maximum Gasteiger partial charge on any atom is 0.312 e. The Hall–Kier alpha value is -2.91. The van der Waals surface area contributed by atoms with E-state index in [4.69, 9.17) is 14.2 Å². The number of nitrogens with zero attached hydrogens (tertiary/aromatic N) is 2. The van der Waals surface area contributed by atoms with Gasteiger partial charge in [0.25, 0.3) is 5.91 Å². The van der Waals surface area contributed by atoms with E-state index in [1.165, 1.54) is 0 Å². The van der Waals surface area contributed by atoms with Gasteiger partial charge in [0.2, 0.25) is 5.91 Å². The molecule has 9 heteroatoms. The Morgan fingerprint density at radius 1 is 1.31 bits per heavy atom. The molecular formula is C26H34N2O7. The van der Waals surface area contributed by atoms with Crippen LogP contribution in [-0.4, -0.2) is 79.0 Å². The minimum atomic E-state index is -1.08. The predicted molar refractivity (Wildman–Crippen MR) is 128 cm³/mol. The number of methoxy groups -OCH3 is 1. The van der Waals surface area contributed by atoms with Crippen molar-refractivity contribution < 1.29 is 33.7 Å². The fraction of sp³-hybridized carbons (Fsp3) is 0.577. The standard InChI is InChI=1S/C26H34N2O7/c1-4-14-27(17-8-10-18(33-3)11-9-17)24(31)22-26-13-12-19(35-26)20(25(32)34-5-2)21(26)23(30)28(22)15-6-7-16-29/h4,8-11,19-22,29H,1,5-7,12-16H2,2-3H3/t19-,20+,21+,22-,26+/m1/s1. The lowest BCUT2D eigenvalue weighted by Gasteiger charge is -2.36. The molecule has 1 N–H and O–H groups in total. The zero-order valence-corrected chi connectivity index (χ0v) is 20.4. The summed E-state index contributed by atoms with van der Waals surface area (Å²) in [7, 11) is 1.57. The second-order valence-electron chi connectivity index (χ2n) is 9.21. The lowest BCUT2D eigenvalue weighted by molar-refractivity contribution is -0.154. The molecule has 3 saturated heterocycles. The maximum absolute atomic E-state index is 14.2. The van der Waals surface area contributed by atoms with Crippen molar-refractivity contribution in [2.45, 2.75) is 50.4 Å². The summed E-state index contributed by atoms with van der Waals surface area (Å²) in [4.78, 5) is 44.0. The third-order valence-electron chi connectivity index (χ3n) is 7.36. The number of unbranched alkanes of at least 4 members (excludes halogenated alkanes) is 1. The van der Waals surface area contributed by atoms with Crippen LogP contribution in [0.1, 0.15) is 32.6 Å². The lowest BCUT2D eigenvalue weighted by atomic mass is 9.70. The minimum absolute atomic E-state index is 0.00627. The predicted octanol–water partition coefficient (Wildman–Crippen LogP) is 1.92. The number of anilines is 1. The summed E-state index contributed by atoms with van der Waals surface area (Å²) < 4.78 is 16.9. The highest BCUT2D eigenvalue weighted by molar-refractivity contribution is 6.04. The van der Waals surface area contributed by atoms with Gasteiger partial charge >= 0.3 is 5.97 Å². The summed E-state index contributed by atoms with van der Waals surface area (Å²) in [5.74, 6) is -1.79. The number of hydrogen-bond donors (Lipinski definition) is 1. The number of aliphatic hydroxyl groups is 1. The van der Waals surface area contributed by atoms with Gasteiger partial charge in [-0.2, -0.15) is 0 Å². The Morgan fingerprint density at radius 2 is 2.06 bits per heavy atom. The average Bonchev–Trinajstić information content (AvgIpc) is 3.50. The van der Waals surface area contributed by atoms with Crippen molar-refractivity contribution in [3.05, 3.63) is 36.9 Å². The quantitative estimate of drug-likeness (QED) is 0.289. The molecule has 5 atom stereocenters. The van der Waals surface area contributed by atoms with Gasteiger partial charge < -0.3 is 29.1 Å². The van der Waals surface area contributed by atoms with E-state index in [0.717, 1.165) is 0 Å². The van der Waals surface area contributed by atoms with Gasteiger partial charge in [0.05, 0.1) is 31.7 Å². The van der Waals surface area contributed by atoms with E-state index >= 15 is 0 Å². The highest BCUT2D eigenvalue weighted by Gasteiger charge is 2.75. The average molecular weight is 487 g/mol. The molecular weight excluding hydrogens is 452 g/mol. The third kappa shape index (κ3) is 4.21. The van der Waals surface area contributed by atoms with Gasteiger partial charge in [-0.1, -0.05) is 6.08 Å². The minimum Gasteiger partial charge on any atom is -0.497 e. The molecule has 0 aromatic heterocycles. The van der Waals surface area contributed by atoms with E-state index in [1.54, 1.807) is 54.2 Å². The molecule has 2 amide bonds. The number of carbonyl (C=O) groups is 3. The van der Waals surface area contributed by atoms with Gasteiger partial charge in [-0.15, -0.1) is 6.58 Å². The van der Waals surface area contributed by atoms with E-state index in [0.29, 0.717) is 43.7 Å². The van der Waals surface area contributed by atoms with Gasteiger partial charge in [0, 0.05) is 25.4 Å². The molecule has 0 aliphatic carbocycles. The van der Waals surface area contributed by atoms with Crippen LogP contribution in [0.3, 0.4) is 0 Å². The molecule has 4 rings (SSSR count). The van der Waals surface area contributed by atoms with E-state index in [-0.39, 0.29) is 31.6 Å². The number of amides is 2. The van der Waals surface area contributed by atoms with Crippen LogP contribution in [0.25, 0.3) is 0 Å². The van der Waals surface area contributed by atoms with Crippen molar-refractivity contribution in [2.75, 3.05) is 38.3 Å². The van der Waals surface area contributed by atoms with Crippen molar-refractivity contribution in [3.8, 4) is 5.75 Å². The molecule has 2 bridgehead atoms. The molecule has 3 heterocycles. The number of fused-ring (bicyclic) bond motifs is 1.